The second-order valence-corrected chi connectivity index (χ2v) is 6.57. The van der Waals surface area contributed by atoms with Crippen LogP contribution in [0.4, 0.5) is 14.5 Å². The number of nitrogens with one attached hydrogen (secondary N) is 2. The standard InChI is InChI=1S/C17H19F2N5O3/c18-10-7-20-17(21-8-10)22-11-5-9(16(25)26)6-12-14(11)15(19)23-24(12)13-3-1-2-4-27-13/h5-6,10,13H,1-4,7-8H2,(H,25,26)(H2,20,21,22). The van der Waals surface area contributed by atoms with E-state index in [0.717, 1.165) is 12.8 Å². The first-order valence-corrected chi connectivity index (χ1v) is 8.79. The number of fused-ring (bicyclic) bond motifs is 1. The van der Waals surface area contributed by atoms with E-state index >= 15 is 0 Å². The third-order valence-electron chi connectivity index (χ3n) is 4.63. The van der Waals surface area contributed by atoms with Gasteiger partial charge in [-0.1, -0.05) is 0 Å². The predicted octanol–water partition coefficient (Wildman–Crippen LogP) is 2.28. The van der Waals surface area contributed by atoms with E-state index in [4.69, 9.17) is 4.74 Å². The molecule has 0 radical (unpaired) electrons. The van der Waals surface area contributed by atoms with Gasteiger partial charge in [0.15, 0.2) is 12.2 Å². The molecule has 1 aromatic heterocycles. The molecule has 2 atom stereocenters. The smallest absolute Gasteiger partial charge is 0.335 e. The highest BCUT2D eigenvalue weighted by Gasteiger charge is 2.25. The van der Waals surface area contributed by atoms with Crippen molar-refractivity contribution in [2.45, 2.75) is 31.7 Å². The molecule has 0 spiro atoms. The molecule has 3 heterocycles. The van der Waals surface area contributed by atoms with Crippen LogP contribution in [-0.4, -0.2) is 52.7 Å². The molecule has 4 rings (SSSR count). The number of ether oxygens (including phenoxy) is 1. The van der Waals surface area contributed by atoms with Crippen molar-refractivity contribution in [3.8, 4) is 0 Å². The van der Waals surface area contributed by atoms with Crippen LogP contribution in [0.15, 0.2) is 17.1 Å². The highest BCUT2D eigenvalue weighted by molar-refractivity contribution is 6.06. The number of guanidine groups is 1. The van der Waals surface area contributed by atoms with Crippen molar-refractivity contribution in [3.63, 3.8) is 0 Å². The van der Waals surface area contributed by atoms with Gasteiger partial charge in [0, 0.05) is 6.61 Å². The van der Waals surface area contributed by atoms with E-state index in [1.807, 2.05) is 0 Å². The predicted molar refractivity (Wildman–Crippen MR) is 94.3 cm³/mol. The summed E-state index contributed by atoms with van der Waals surface area (Å²) in [5, 5.41) is 19.2. The number of anilines is 1. The number of aliphatic imine (C=N–C) groups is 1. The Balaban J connectivity index is 1.80. The molecule has 2 aromatic rings. The number of alkyl halides is 1. The summed E-state index contributed by atoms with van der Waals surface area (Å²) < 4.78 is 35.0. The van der Waals surface area contributed by atoms with Crippen LogP contribution in [0.25, 0.3) is 10.9 Å². The molecule has 1 aromatic carbocycles. The third-order valence-corrected chi connectivity index (χ3v) is 4.63. The Morgan fingerprint density at radius 3 is 2.93 bits per heavy atom. The van der Waals surface area contributed by atoms with Crippen LogP contribution in [0.5, 0.6) is 0 Å². The maximum atomic E-state index is 14.7. The monoisotopic (exact) mass is 379 g/mol. The molecule has 144 valence electrons. The number of hydrogen-bond donors (Lipinski definition) is 3. The Hall–Kier alpha value is -2.75. The summed E-state index contributed by atoms with van der Waals surface area (Å²) in [6.07, 6.45) is 0.973. The molecule has 0 bridgehead atoms. The maximum Gasteiger partial charge on any atom is 0.335 e. The highest BCUT2D eigenvalue weighted by atomic mass is 19.1. The third kappa shape index (κ3) is 3.44. The van der Waals surface area contributed by atoms with E-state index in [-0.39, 0.29) is 35.7 Å². The largest absolute Gasteiger partial charge is 0.478 e. The Morgan fingerprint density at radius 1 is 1.41 bits per heavy atom. The zero-order valence-electron chi connectivity index (χ0n) is 14.4. The van der Waals surface area contributed by atoms with Gasteiger partial charge in [-0.2, -0.15) is 4.39 Å². The number of aromatic carboxylic acids is 1. The first kappa shape index (κ1) is 17.7. The van der Waals surface area contributed by atoms with Gasteiger partial charge in [-0.3, -0.25) is 0 Å². The molecule has 2 aliphatic heterocycles. The Bertz CT molecular complexity index is 908. The SMILES string of the molecule is O=C(O)c1cc(NC2=NCC(F)CN2)c2c(F)nn(C3CCCCO3)c2c1. The lowest BCUT2D eigenvalue weighted by molar-refractivity contribution is -0.0375. The molecular formula is C17H19F2N5O3. The number of rotatable bonds is 3. The average Bonchev–Trinajstić information content (AvgIpc) is 3.01. The zero-order valence-corrected chi connectivity index (χ0v) is 14.4. The molecule has 0 aliphatic carbocycles. The molecule has 8 nitrogen and oxygen atoms in total. The fourth-order valence-electron chi connectivity index (χ4n) is 3.31. The Kier molecular flexibility index (Phi) is 4.65. The molecular weight excluding hydrogens is 360 g/mol. The van der Waals surface area contributed by atoms with Crippen molar-refractivity contribution in [3.05, 3.63) is 23.6 Å². The number of aromatic nitrogens is 2. The minimum absolute atomic E-state index is 0.0191. The Labute approximate surface area is 153 Å². The first-order chi connectivity index (χ1) is 13.0. The lowest BCUT2D eigenvalue weighted by Crippen LogP contribution is -2.41. The van der Waals surface area contributed by atoms with Gasteiger partial charge < -0.3 is 20.5 Å². The highest BCUT2D eigenvalue weighted by Crippen LogP contribution is 2.33. The van der Waals surface area contributed by atoms with Crippen molar-refractivity contribution in [1.82, 2.24) is 15.1 Å². The number of halogens is 2. The topological polar surface area (TPSA) is 101 Å². The maximum absolute atomic E-state index is 14.7. The number of nitrogens with zero attached hydrogens (tertiary/aromatic N) is 3. The van der Waals surface area contributed by atoms with Crippen LogP contribution in [-0.2, 0) is 4.74 Å². The Morgan fingerprint density at radius 2 is 2.26 bits per heavy atom. The number of carbonyl (C=O) groups is 1. The minimum atomic E-state index is -1.15. The van der Waals surface area contributed by atoms with Crippen molar-refractivity contribution >= 4 is 28.5 Å². The second kappa shape index (κ2) is 7.10. The summed E-state index contributed by atoms with van der Waals surface area (Å²) >= 11 is 0. The van der Waals surface area contributed by atoms with Gasteiger partial charge in [0.25, 0.3) is 0 Å². The molecule has 27 heavy (non-hydrogen) atoms. The number of benzene rings is 1. The zero-order chi connectivity index (χ0) is 19.0. The van der Waals surface area contributed by atoms with Crippen molar-refractivity contribution in [1.29, 1.82) is 0 Å². The number of hydrogen-bond acceptors (Lipinski definition) is 6. The summed E-state index contributed by atoms with van der Waals surface area (Å²) in [7, 11) is 0. The summed E-state index contributed by atoms with van der Waals surface area (Å²) in [6.45, 7) is 0.600. The first-order valence-electron chi connectivity index (χ1n) is 8.79. The van der Waals surface area contributed by atoms with Crippen molar-refractivity contribution < 1.29 is 23.4 Å². The summed E-state index contributed by atoms with van der Waals surface area (Å²) in [5.74, 6) is -1.63. The van der Waals surface area contributed by atoms with Crippen LogP contribution in [0, 0.1) is 5.95 Å². The van der Waals surface area contributed by atoms with Crippen LogP contribution >= 0.6 is 0 Å². The molecule has 1 fully saturated rings. The van der Waals surface area contributed by atoms with E-state index in [2.05, 4.69) is 20.7 Å². The summed E-state index contributed by atoms with van der Waals surface area (Å²) in [4.78, 5) is 15.6. The van der Waals surface area contributed by atoms with Crippen LogP contribution in [0.1, 0.15) is 35.8 Å². The van der Waals surface area contributed by atoms with E-state index in [1.165, 1.54) is 16.8 Å². The van der Waals surface area contributed by atoms with Gasteiger partial charge in [0.1, 0.15) is 6.17 Å². The van der Waals surface area contributed by atoms with Crippen LogP contribution in [0.3, 0.4) is 0 Å². The van der Waals surface area contributed by atoms with Crippen LogP contribution < -0.4 is 10.6 Å². The van der Waals surface area contributed by atoms with Gasteiger partial charge >= 0.3 is 5.97 Å². The lowest BCUT2D eigenvalue weighted by Gasteiger charge is -2.23. The number of carboxylic acid groups (broad SMARTS) is 1. The van der Waals surface area contributed by atoms with E-state index in [1.54, 1.807) is 0 Å². The normalized spacial score (nSPS) is 23.0. The van der Waals surface area contributed by atoms with Gasteiger partial charge in [-0.25, -0.2) is 18.9 Å². The molecule has 2 aliphatic rings. The molecule has 3 N–H and O–H groups in total. The summed E-state index contributed by atoms with van der Waals surface area (Å²) in [5.41, 5.74) is 0.497. The molecule has 10 heteroatoms. The minimum Gasteiger partial charge on any atom is -0.478 e. The summed E-state index contributed by atoms with van der Waals surface area (Å²) in [6, 6.07) is 2.69. The van der Waals surface area contributed by atoms with E-state index in [0.29, 0.717) is 18.5 Å². The molecule has 1 saturated heterocycles. The fraction of sp³-hybridized carbons (Fsp3) is 0.471. The van der Waals surface area contributed by atoms with Crippen LogP contribution in [0.2, 0.25) is 0 Å². The molecule has 0 saturated carbocycles. The van der Waals surface area contributed by atoms with Gasteiger partial charge in [0.2, 0.25) is 5.95 Å². The van der Waals surface area contributed by atoms with Crippen molar-refractivity contribution in [2.24, 2.45) is 4.99 Å². The number of carboxylic acids is 1. The van der Waals surface area contributed by atoms with Gasteiger partial charge in [-0.15, -0.1) is 5.10 Å². The van der Waals surface area contributed by atoms with Gasteiger partial charge in [0.05, 0.1) is 35.2 Å². The average molecular weight is 379 g/mol. The quantitative estimate of drug-likeness (QED) is 0.757. The van der Waals surface area contributed by atoms with E-state index < -0.39 is 24.3 Å². The van der Waals surface area contributed by atoms with Crippen molar-refractivity contribution in [2.75, 3.05) is 25.0 Å². The lowest BCUT2D eigenvalue weighted by atomic mass is 10.1. The molecule has 0 amide bonds. The van der Waals surface area contributed by atoms with E-state index in [9.17, 15) is 18.7 Å². The second-order valence-electron chi connectivity index (χ2n) is 6.57. The molecule has 2 unspecified atom stereocenters. The fourth-order valence-corrected chi connectivity index (χ4v) is 3.31. The van der Waals surface area contributed by atoms with Gasteiger partial charge in [-0.05, 0) is 31.4 Å².